The van der Waals surface area contributed by atoms with Gasteiger partial charge in [0.2, 0.25) is 0 Å². The van der Waals surface area contributed by atoms with Crippen LogP contribution in [0.3, 0.4) is 0 Å². The van der Waals surface area contributed by atoms with Crippen LogP contribution in [-0.2, 0) is 18.3 Å². The third-order valence-electron chi connectivity index (χ3n) is 9.26. The van der Waals surface area contributed by atoms with E-state index in [-0.39, 0.29) is 11.6 Å². The van der Waals surface area contributed by atoms with Crippen LogP contribution in [-0.4, -0.2) is 77.8 Å². The van der Waals surface area contributed by atoms with Gasteiger partial charge in [-0.2, -0.15) is 23.5 Å². The molecule has 6 heterocycles. The van der Waals surface area contributed by atoms with Crippen LogP contribution in [0.4, 0.5) is 19.0 Å². The van der Waals surface area contributed by atoms with Crippen LogP contribution in [0.2, 0.25) is 0 Å². The Bertz CT molecular complexity index is 1640. The second-order valence-electron chi connectivity index (χ2n) is 12.1. The van der Waals surface area contributed by atoms with Gasteiger partial charge in [0.05, 0.1) is 29.9 Å². The first-order valence-electron chi connectivity index (χ1n) is 14.8. The van der Waals surface area contributed by atoms with Crippen LogP contribution in [0.5, 0.6) is 0 Å². The lowest BCUT2D eigenvalue weighted by molar-refractivity contribution is -0.141. The van der Waals surface area contributed by atoms with Crippen molar-refractivity contribution in [2.45, 2.75) is 68.9 Å². The van der Waals surface area contributed by atoms with E-state index >= 15 is 0 Å². The van der Waals surface area contributed by atoms with Crippen molar-refractivity contribution in [3.8, 4) is 17.3 Å². The van der Waals surface area contributed by atoms with E-state index in [2.05, 4.69) is 46.2 Å². The number of nitrogens with zero attached hydrogens (tertiary/aromatic N) is 8. The molecule has 0 unspecified atom stereocenters. The van der Waals surface area contributed by atoms with E-state index in [1.165, 1.54) is 12.4 Å². The van der Waals surface area contributed by atoms with E-state index < -0.39 is 11.9 Å². The van der Waals surface area contributed by atoms with Crippen molar-refractivity contribution < 1.29 is 13.2 Å². The first-order chi connectivity index (χ1) is 20.8. The molecule has 43 heavy (non-hydrogen) atoms. The Balaban J connectivity index is 0.986. The quantitative estimate of drug-likeness (QED) is 0.301. The Morgan fingerprint density at radius 1 is 1.12 bits per heavy atom. The van der Waals surface area contributed by atoms with Crippen molar-refractivity contribution in [2.24, 2.45) is 0 Å². The molecule has 13 heteroatoms. The molecule has 0 spiro atoms. The molecule has 4 aromatic heterocycles. The zero-order chi connectivity index (χ0) is 29.6. The van der Waals surface area contributed by atoms with Gasteiger partial charge in [0, 0.05) is 55.1 Å². The summed E-state index contributed by atoms with van der Waals surface area (Å²) in [4.78, 5) is 20.4. The highest BCUT2D eigenvalue weighted by Crippen LogP contribution is 2.45. The van der Waals surface area contributed by atoms with Gasteiger partial charge in [-0.1, -0.05) is 0 Å². The normalized spacial score (nSPS) is 23.5. The van der Waals surface area contributed by atoms with Gasteiger partial charge in [-0.15, -0.1) is 0 Å². The van der Waals surface area contributed by atoms with Gasteiger partial charge >= 0.3 is 6.18 Å². The van der Waals surface area contributed by atoms with Crippen LogP contribution in [0.15, 0.2) is 43.1 Å². The molecular formula is C30H33F3N10. The fraction of sp³-hybridized carbons (Fsp3) is 0.500. The summed E-state index contributed by atoms with van der Waals surface area (Å²) in [6.45, 7) is 4.02. The van der Waals surface area contributed by atoms with Gasteiger partial charge in [0.15, 0.2) is 0 Å². The summed E-state index contributed by atoms with van der Waals surface area (Å²) in [5, 5.41) is 18.6. The minimum atomic E-state index is -4.48. The van der Waals surface area contributed by atoms with E-state index in [1.807, 2.05) is 23.1 Å². The van der Waals surface area contributed by atoms with Gasteiger partial charge in [0.1, 0.15) is 23.5 Å². The van der Waals surface area contributed by atoms with Crippen LogP contribution in [0, 0.1) is 11.3 Å². The van der Waals surface area contributed by atoms with Crippen LogP contribution < -0.4 is 5.32 Å². The highest BCUT2D eigenvalue weighted by molar-refractivity contribution is 5.90. The maximum absolute atomic E-state index is 13.6. The summed E-state index contributed by atoms with van der Waals surface area (Å²) in [7, 11) is 0. The molecule has 0 atom stereocenters. The number of piperidine rings is 1. The molecule has 4 aromatic rings. The summed E-state index contributed by atoms with van der Waals surface area (Å²) >= 11 is 0. The maximum Gasteiger partial charge on any atom is 0.433 e. The van der Waals surface area contributed by atoms with E-state index in [9.17, 15) is 18.4 Å². The number of nitriles is 1. The topological polar surface area (TPSA) is 115 Å². The number of fused-ring (bicyclic) bond motifs is 1. The summed E-state index contributed by atoms with van der Waals surface area (Å²) in [6.07, 6.45) is 7.38. The van der Waals surface area contributed by atoms with Gasteiger partial charge in [-0.05, 0) is 69.0 Å². The number of hydrogen-bond acceptors (Lipinski definition) is 8. The molecule has 0 bridgehead atoms. The molecule has 0 radical (unpaired) electrons. The summed E-state index contributed by atoms with van der Waals surface area (Å²) in [5.41, 5.74) is 1.89. The first-order valence-corrected chi connectivity index (χ1v) is 14.8. The predicted octanol–water partition coefficient (Wildman–Crippen LogP) is 4.79. The number of alkyl halides is 3. The van der Waals surface area contributed by atoms with Crippen molar-refractivity contribution in [3.05, 3.63) is 54.4 Å². The van der Waals surface area contributed by atoms with Crippen molar-refractivity contribution in [1.82, 2.24) is 39.5 Å². The molecule has 224 valence electrons. The SMILES string of the molecule is N#CCC1(n2cc(-c3ncnc4[nH]ccc34)cn2)CC(N2CCC(Nc3cc(CN4CCC4)cc(C(F)(F)F)n3)CC2)C1. The van der Waals surface area contributed by atoms with Gasteiger partial charge in [-0.25, -0.2) is 15.0 Å². The zero-order valence-electron chi connectivity index (χ0n) is 23.7. The Labute approximate surface area is 246 Å². The lowest BCUT2D eigenvalue weighted by atomic mass is 9.69. The molecule has 0 amide bonds. The van der Waals surface area contributed by atoms with E-state index in [1.54, 1.807) is 12.3 Å². The largest absolute Gasteiger partial charge is 0.433 e. The number of likely N-dealkylation sites (tertiary alicyclic amines) is 2. The number of halogens is 3. The summed E-state index contributed by atoms with van der Waals surface area (Å²) < 4.78 is 42.7. The Kier molecular flexibility index (Phi) is 7.05. The number of aromatic amines is 1. The van der Waals surface area contributed by atoms with Crippen molar-refractivity contribution >= 4 is 16.9 Å². The van der Waals surface area contributed by atoms with Gasteiger partial charge < -0.3 is 15.2 Å². The van der Waals surface area contributed by atoms with E-state index in [0.29, 0.717) is 30.4 Å². The number of hydrogen-bond donors (Lipinski definition) is 2. The first kappa shape index (κ1) is 27.8. The third kappa shape index (κ3) is 5.45. The van der Waals surface area contributed by atoms with Crippen molar-refractivity contribution in [2.75, 3.05) is 31.5 Å². The molecule has 2 N–H and O–H groups in total. The molecule has 0 aromatic carbocycles. The highest BCUT2D eigenvalue weighted by atomic mass is 19.4. The molecule has 10 nitrogen and oxygen atoms in total. The summed E-state index contributed by atoms with van der Waals surface area (Å²) in [5.74, 6) is 0.301. The number of pyridine rings is 1. The molecule has 2 aliphatic heterocycles. The van der Waals surface area contributed by atoms with Crippen molar-refractivity contribution in [1.29, 1.82) is 5.26 Å². The lowest BCUT2D eigenvalue weighted by Gasteiger charge is -2.52. The average Bonchev–Trinajstić information content (AvgIpc) is 3.63. The van der Waals surface area contributed by atoms with Crippen molar-refractivity contribution in [3.63, 3.8) is 0 Å². The number of rotatable bonds is 8. The molecule has 1 saturated carbocycles. The van der Waals surface area contributed by atoms with E-state index in [0.717, 1.165) is 80.6 Å². The molecule has 3 aliphatic rings. The standard InChI is InChI=1S/C30H33F3N10/c31-30(32,33)25-12-20(17-41-8-1-9-41)13-26(40-25)39-22-3-10-42(11-4-22)23-14-29(15-23,5-6-34)43-18-21(16-38-43)27-24-2-7-35-28(24)37-19-36-27/h2,7,12-13,16,18-19,22-23H,1,3-5,8-11,14-15,17H2,(H,39,40)(H,35,36,37). The van der Waals surface area contributed by atoms with E-state index in [4.69, 9.17) is 0 Å². The second-order valence-corrected chi connectivity index (χ2v) is 12.1. The number of aromatic nitrogens is 6. The lowest BCUT2D eigenvalue weighted by Crippen LogP contribution is -2.58. The molecule has 3 fully saturated rings. The fourth-order valence-electron chi connectivity index (χ4n) is 6.76. The summed E-state index contributed by atoms with van der Waals surface area (Å²) in [6, 6.07) is 7.64. The number of anilines is 1. The van der Waals surface area contributed by atoms with Gasteiger partial charge in [0.25, 0.3) is 0 Å². The minimum Gasteiger partial charge on any atom is -0.367 e. The molecular weight excluding hydrogens is 557 g/mol. The third-order valence-corrected chi connectivity index (χ3v) is 9.26. The van der Waals surface area contributed by atoms with Gasteiger partial charge in [-0.3, -0.25) is 9.58 Å². The van der Waals surface area contributed by atoms with Crippen LogP contribution in [0.25, 0.3) is 22.3 Å². The Morgan fingerprint density at radius 3 is 2.65 bits per heavy atom. The van der Waals surface area contributed by atoms with Crippen LogP contribution >= 0.6 is 0 Å². The fourth-order valence-corrected chi connectivity index (χ4v) is 6.76. The number of nitrogens with one attached hydrogen (secondary N) is 2. The highest BCUT2D eigenvalue weighted by Gasteiger charge is 2.49. The molecule has 7 rings (SSSR count). The molecule has 1 aliphatic carbocycles. The second kappa shape index (κ2) is 10.9. The maximum atomic E-state index is 13.6. The smallest absolute Gasteiger partial charge is 0.367 e. The molecule has 2 saturated heterocycles. The zero-order valence-corrected chi connectivity index (χ0v) is 23.7. The predicted molar refractivity (Wildman–Crippen MR) is 154 cm³/mol. The average molecular weight is 591 g/mol. The Hall–Kier alpha value is -4.02. The Morgan fingerprint density at radius 2 is 1.93 bits per heavy atom. The number of H-pyrrole nitrogens is 1. The monoisotopic (exact) mass is 590 g/mol. The van der Waals surface area contributed by atoms with Crippen LogP contribution in [0.1, 0.15) is 49.8 Å². The minimum absolute atomic E-state index is 0.0554.